The van der Waals surface area contributed by atoms with Crippen molar-refractivity contribution in [3.63, 3.8) is 0 Å². The van der Waals surface area contributed by atoms with Crippen LogP contribution in [0.2, 0.25) is 0 Å². The van der Waals surface area contributed by atoms with Gasteiger partial charge in [-0.1, -0.05) is 131 Å². The van der Waals surface area contributed by atoms with E-state index in [1.807, 2.05) is 50.2 Å². The molecule has 2 atom stereocenters. The van der Waals surface area contributed by atoms with Crippen molar-refractivity contribution in [3.05, 3.63) is 89.5 Å². The first-order chi connectivity index (χ1) is 20.2. The predicted octanol–water partition coefficient (Wildman–Crippen LogP) is 11.8. The molecule has 240 valence electrons. The Morgan fingerprint density at radius 2 is 1.12 bits per heavy atom. The minimum atomic E-state index is 0.174. The highest BCUT2D eigenvalue weighted by Crippen LogP contribution is 2.39. The first-order valence-electron chi connectivity index (χ1n) is 16.5. The Bertz CT molecular complexity index is 1140. The van der Waals surface area contributed by atoms with Crippen LogP contribution in [-0.4, -0.2) is 15.3 Å². The number of unbranched alkanes of at least 4 members (excludes halogenated alkanes) is 1. The molecule has 3 aromatic carbocycles. The van der Waals surface area contributed by atoms with Crippen molar-refractivity contribution in [1.29, 1.82) is 0 Å². The van der Waals surface area contributed by atoms with Crippen molar-refractivity contribution in [1.82, 2.24) is 0 Å². The molecule has 3 N–H and O–H groups in total. The van der Waals surface area contributed by atoms with Crippen LogP contribution in [-0.2, 0) is 16.2 Å². The van der Waals surface area contributed by atoms with Gasteiger partial charge in [-0.15, -0.1) is 0 Å². The minimum absolute atomic E-state index is 0.174. The molecule has 0 radical (unpaired) electrons. The van der Waals surface area contributed by atoms with E-state index < -0.39 is 0 Å². The van der Waals surface area contributed by atoms with Crippen LogP contribution in [0.3, 0.4) is 0 Å². The molecule has 0 amide bonds. The lowest BCUT2D eigenvalue weighted by molar-refractivity contribution is 0.399. The molecule has 1 saturated carbocycles. The second kappa shape index (κ2) is 18.0. The van der Waals surface area contributed by atoms with E-state index in [2.05, 4.69) is 67.5 Å². The summed E-state index contributed by atoms with van der Waals surface area (Å²) in [6.45, 7) is 21.9. The third-order valence-corrected chi connectivity index (χ3v) is 8.72. The fourth-order valence-corrected chi connectivity index (χ4v) is 5.46. The van der Waals surface area contributed by atoms with Gasteiger partial charge in [0, 0.05) is 0 Å². The molecule has 1 aliphatic carbocycles. The van der Waals surface area contributed by atoms with E-state index >= 15 is 0 Å². The smallest absolute Gasteiger partial charge is 0.115 e. The van der Waals surface area contributed by atoms with Crippen LogP contribution in [0.15, 0.2) is 72.8 Å². The molecule has 0 saturated heterocycles. The molecule has 3 heteroatoms. The molecular formula is C40H62O3. The highest BCUT2D eigenvalue weighted by molar-refractivity contribution is 5.32. The average Bonchev–Trinajstić information content (AvgIpc) is 3.15. The molecule has 3 aromatic rings. The van der Waals surface area contributed by atoms with Crippen molar-refractivity contribution in [3.8, 4) is 17.2 Å². The molecule has 0 aliphatic heterocycles. The summed E-state index contributed by atoms with van der Waals surface area (Å²) in [6.07, 6.45) is 10.3. The molecular weight excluding hydrogens is 528 g/mol. The number of aromatic hydroxyl groups is 3. The standard InChI is InChI=1S/C15H22O.C13H20O.C10H14O.C2H6/c1-12-4-3-10-15(2,11-9-12)13-5-7-14(16)8-6-13;1-4-5-10-13(2,3)11-6-8-12(14)9-7-11;1-10(2,3)8-4-6-9(11)7-5-8;1-2/h5-8,12,16H,3-4,9-11H2,1-2H3;6-9,14H,4-5,10H2,1-3H3;4-7,11H,1-3H3;1-2H3. The summed E-state index contributed by atoms with van der Waals surface area (Å²) < 4.78 is 0. The summed E-state index contributed by atoms with van der Waals surface area (Å²) in [6, 6.07) is 22.7. The van der Waals surface area contributed by atoms with Gasteiger partial charge in [-0.05, 0) is 101 Å². The zero-order valence-corrected chi connectivity index (χ0v) is 29.0. The highest BCUT2D eigenvalue weighted by atomic mass is 16.3. The summed E-state index contributed by atoms with van der Waals surface area (Å²) >= 11 is 0. The van der Waals surface area contributed by atoms with E-state index in [0.717, 1.165) is 5.92 Å². The summed E-state index contributed by atoms with van der Waals surface area (Å²) in [5.41, 5.74) is 4.66. The SMILES string of the molecule is CC.CC(C)(C)c1ccc(O)cc1.CC1CCCC(C)(c2ccc(O)cc2)CC1.CCCCC(C)(C)c1ccc(O)cc1. The van der Waals surface area contributed by atoms with Gasteiger partial charge in [0.15, 0.2) is 0 Å². The van der Waals surface area contributed by atoms with E-state index in [-0.39, 0.29) is 10.8 Å². The molecule has 4 rings (SSSR count). The maximum atomic E-state index is 9.34. The van der Waals surface area contributed by atoms with E-state index in [0.29, 0.717) is 22.7 Å². The number of hydrogen-bond acceptors (Lipinski definition) is 3. The van der Waals surface area contributed by atoms with Crippen LogP contribution >= 0.6 is 0 Å². The fraction of sp³-hybridized carbons (Fsp3) is 0.550. The van der Waals surface area contributed by atoms with Gasteiger partial charge in [-0.3, -0.25) is 0 Å². The van der Waals surface area contributed by atoms with Gasteiger partial charge in [0.05, 0.1) is 0 Å². The Kier molecular flexibility index (Phi) is 15.9. The van der Waals surface area contributed by atoms with Crippen LogP contribution in [0, 0.1) is 5.92 Å². The summed E-state index contributed by atoms with van der Waals surface area (Å²) in [5.74, 6) is 1.92. The van der Waals surface area contributed by atoms with Gasteiger partial charge in [-0.25, -0.2) is 0 Å². The molecule has 1 fully saturated rings. The van der Waals surface area contributed by atoms with Crippen LogP contribution in [0.1, 0.15) is 137 Å². The molecule has 0 heterocycles. The second-order valence-corrected chi connectivity index (χ2v) is 14.0. The van der Waals surface area contributed by atoms with E-state index in [1.54, 1.807) is 24.3 Å². The summed E-state index contributed by atoms with van der Waals surface area (Å²) in [4.78, 5) is 0. The highest BCUT2D eigenvalue weighted by Gasteiger charge is 2.29. The van der Waals surface area contributed by atoms with E-state index in [9.17, 15) is 10.2 Å². The van der Waals surface area contributed by atoms with Crippen molar-refractivity contribution in [2.45, 2.75) is 137 Å². The average molecular weight is 591 g/mol. The Balaban J connectivity index is 0.000000318. The van der Waals surface area contributed by atoms with Gasteiger partial charge in [0.1, 0.15) is 17.2 Å². The Labute approximate surface area is 264 Å². The fourth-order valence-electron chi connectivity index (χ4n) is 5.46. The topological polar surface area (TPSA) is 60.7 Å². The van der Waals surface area contributed by atoms with Crippen LogP contribution in [0.4, 0.5) is 0 Å². The molecule has 0 aromatic heterocycles. The largest absolute Gasteiger partial charge is 0.508 e. The van der Waals surface area contributed by atoms with Gasteiger partial charge in [0.2, 0.25) is 0 Å². The van der Waals surface area contributed by atoms with Gasteiger partial charge in [0.25, 0.3) is 0 Å². The normalized spacial score (nSPS) is 18.4. The lowest BCUT2D eigenvalue weighted by Gasteiger charge is -2.29. The molecule has 3 nitrogen and oxygen atoms in total. The first kappa shape index (κ1) is 38.1. The Morgan fingerprint density at radius 3 is 1.56 bits per heavy atom. The third kappa shape index (κ3) is 13.5. The maximum absolute atomic E-state index is 9.34. The monoisotopic (exact) mass is 590 g/mol. The van der Waals surface area contributed by atoms with Crippen molar-refractivity contribution in [2.75, 3.05) is 0 Å². The second-order valence-electron chi connectivity index (χ2n) is 14.0. The maximum Gasteiger partial charge on any atom is 0.115 e. The predicted molar refractivity (Wildman–Crippen MR) is 187 cm³/mol. The number of rotatable bonds is 5. The Hall–Kier alpha value is -2.94. The zero-order valence-electron chi connectivity index (χ0n) is 29.0. The number of phenols is 3. The molecule has 43 heavy (non-hydrogen) atoms. The quantitative estimate of drug-likeness (QED) is 0.259. The number of hydrogen-bond donors (Lipinski definition) is 3. The summed E-state index contributed by atoms with van der Waals surface area (Å²) in [7, 11) is 0. The van der Waals surface area contributed by atoms with Crippen LogP contribution < -0.4 is 0 Å². The first-order valence-corrected chi connectivity index (χ1v) is 16.5. The lowest BCUT2D eigenvalue weighted by Crippen LogP contribution is -2.20. The molecule has 0 spiro atoms. The van der Waals surface area contributed by atoms with Gasteiger partial charge < -0.3 is 15.3 Å². The van der Waals surface area contributed by atoms with Gasteiger partial charge in [-0.2, -0.15) is 0 Å². The van der Waals surface area contributed by atoms with E-state index in [1.165, 1.54) is 68.1 Å². The zero-order chi connectivity index (χ0) is 32.7. The minimum Gasteiger partial charge on any atom is -0.508 e. The van der Waals surface area contributed by atoms with Crippen molar-refractivity contribution < 1.29 is 15.3 Å². The number of phenolic OH excluding ortho intramolecular Hbond substituents is 3. The van der Waals surface area contributed by atoms with Crippen LogP contribution in [0.25, 0.3) is 0 Å². The third-order valence-electron chi connectivity index (χ3n) is 8.72. The molecule has 1 aliphatic rings. The summed E-state index contributed by atoms with van der Waals surface area (Å²) in [5, 5.41) is 27.6. The van der Waals surface area contributed by atoms with Crippen molar-refractivity contribution in [2.24, 2.45) is 5.92 Å². The Morgan fingerprint density at radius 1 is 0.674 bits per heavy atom. The molecule has 2 unspecified atom stereocenters. The molecule has 0 bridgehead atoms. The van der Waals surface area contributed by atoms with Crippen LogP contribution in [0.5, 0.6) is 17.2 Å². The van der Waals surface area contributed by atoms with Gasteiger partial charge >= 0.3 is 0 Å². The van der Waals surface area contributed by atoms with Crippen molar-refractivity contribution >= 4 is 0 Å². The van der Waals surface area contributed by atoms with E-state index in [4.69, 9.17) is 5.11 Å². The number of benzene rings is 3. The lowest BCUT2D eigenvalue weighted by atomic mass is 9.76.